The summed E-state index contributed by atoms with van der Waals surface area (Å²) in [6.45, 7) is 4.26. The summed E-state index contributed by atoms with van der Waals surface area (Å²) in [5, 5.41) is 8.94. The van der Waals surface area contributed by atoms with Gasteiger partial charge in [-0.15, -0.1) is 0 Å². The first-order chi connectivity index (χ1) is 16.2. The fraction of sp³-hybridized carbons (Fsp3) is 0.692. The Hall–Kier alpha value is -0.750. The first-order valence-corrected chi connectivity index (χ1v) is 14.3. The molecule has 1 rings (SSSR count). The largest absolute Gasteiger partial charge is 0.339 e. The number of rotatable bonds is 17. The molecule has 194 valence electrons. The molecule has 0 saturated heterocycles. The van der Waals surface area contributed by atoms with E-state index in [9.17, 15) is 4.79 Å². The maximum absolute atomic E-state index is 12.4. The minimum absolute atomic E-state index is 0.162. The lowest BCUT2D eigenvalue weighted by Gasteiger charge is -2.27. The minimum Gasteiger partial charge on any atom is -0.339 e. The number of aryl methyl sites for hydroxylation is 1. The highest BCUT2D eigenvalue weighted by atomic mass is 35.6. The lowest BCUT2D eigenvalue weighted by atomic mass is 10.0. The SMILES string of the molecule is CCCCCCCCCCCCCCCC(=O)NC(NC(=S)Nc1ccc(C)cc1)C(Cl)(Cl)Cl. The van der Waals surface area contributed by atoms with E-state index in [4.69, 9.17) is 47.0 Å². The summed E-state index contributed by atoms with van der Waals surface area (Å²) >= 11 is 23.5. The topological polar surface area (TPSA) is 53.2 Å². The number of benzene rings is 1. The summed E-state index contributed by atoms with van der Waals surface area (Å²) < 4.78 is -1.75. The second-order valence-corrected chi connectivity index (χ2v) is 11.8. The third-order valence-electron chi connectivity index (χ3n) is 5.72. The Kier molecular flexibility index (Phi) is 17.0. The average Bonchev–Trinajstić information content (AvgIpc) is 2.77. The molecule has 0 fully saturated rings. The highest BCUT2D eigenvalue weighted by Gasteiger charge is 2.34. The van der Waals surface area contributed by atoms with Crippen LogP contribution in [0.3, 0.4) is 0 Å². The molecule has 0 aliphatic carbocycles. The zero-order valence-electron chi connectivity index (χ0n) is 20.7. The van der Waals surface area contributed by atoms with Gasteiger partial charge in [-0.1, -0.05) is 136 Å². The maximum atomic E-state index is 12.4. The number of thiocarbonyl (C=S) groups is 1. The van der Waals surface area contributed by atoms with Crippen molar-refractivity contribution in [1.82, 2.24) is 10.6 Å². The van der Waals surface area contributed by atoms with E-state index in [0.29, 0.717) is 6.42 Å². The average molecular weight is 551 g/mol. The molecule has 1 amide bonds. The van der Waals surface area contributed by atoms with Crippen LogP contribution < -0.4 is 16.0 Å². The predicted molar refractivity (Wildman–Crippen MR) is 153 cm³/mol. The van der Waals surface area contributed by atoms with Crippen molar-refractivity contribution < 1.29 is 4.79 Å². The molecule has 0 bridgehead atoms. The summed E-state index contributed by atoms with van der Waals surface area (Å²) in [6.07, 6.45) is 15.9. The van der Waals surface area contributed by atoms with Gasteiger partial charge < -0.3 is 16.0 Å². The van der Waals surface area contributed by atoms with E-state index < -0.39 is 9.96 Å². The molecular weight excluding hydrogens is 509 g/mol. The van der Waals surface area contributed by atoms with Crippen LogP contribution in [0.2, 0.25) is 0 Å². The van der Waals surface area contributed by atoms with Crippen molar-refractivity contribution in [2.75, 3.05) is 5.32 Å². The first-order valence-electron chi connectivity index (χ1n) is 12.7. The lowest BCUT2D eigenvalue weighted by molar-refractivity contribution is -0.122. The van der Waals surface area contributed by atoms with Crippen LogP contribution >= 0.6 is 47.0 Å². The number of amides is 1. The van der Waals surface area contributed by atoms with Gasteiger partial charge in [-0.05, 0) is 37.7 Å². The molecule has 0 radical (unpaired) electrons. The van der Waals surface area contributed by atoms with Crippen LogP contribution in [0, 0.1) is 6.92 Å². The molecule has 0 aliphatic rings. The number of carbonyl (C=O) groups is 1. The van der Waals surface area contributed by atoms with Gasteiger partial charge in [0, 0.05) is 12.1 Å². The molecule has 0 aromatic heterocycles. The highest BCUT2D eigenvalue weighted by Crippen LogP contribution is 2.29. The number of anilines is 1. The van der Waals surface area contributed by atoms with Crippen molar-refractivity contribution in [2.45, 2.75) is 114 Å². The molecule has 8 heteroatoms. The molecular formula is C26H42Cl3N3OS. The van der Waals surface area contributed by atoms with E-state index in [-0.39, 0.29) is 11.0 Å². The van der Waals surface area contributed by atoms with Gasteiger partial charge in [0.25, 0.3) is 0 Å². The van der Waals surface area contributed by atoms with Gasteiger partial charge in [-0.25, -0.2) is 0 Å². The second kappa shape index (κ2) is 18.5. The smallest absolute Gasteiger partial charge is 0.228 e. The van der Waals surface area contributed by atoms with Crippen molar-refractivity contribution >= 4 is 63.7 Å². The summed E-state index contributed by atoms with van der Waals surface area (Å²) in [4.78, 5) is 12.4. The molecule has 1 aromatic rings. The van der Waals surface area contributed by atoms with Gasteiger partial charge in [0.2, 0.25) is 9.70 Å². The van der Waals surface area contributed by atoms with Crippen molar-refractivity contribution in [2.24, 2.45) is 0 Å². The summed E-state index contributed by atoms with van der Waals surface area (Å²) in [7, 11) is 0. The second-order valence-electron chi connectivity index (χ2n) is 9.00. The fourth-order valence-electron chi connectivity index (χ4n) is 3.67. The van der Waals surface area contributed by atoms with E-state index in [0.717, 1.165) is 30.5 Å². The Bertz CT molecular complexity index is 696. The first kappa shape index (κ1) is 31.3. The van der Waals surface area contributed by atoms with Crippen LogP contribution in [0.25, 0.3) is 0 Å². The molecule has 0 aliphatic heterocycles. The third kappa shape index (κ3) is 16.0. The molecule has 1 aromatic carbocycles. The standard InChI is InChI=1S/C26H42Cl3N3OS/c1-3-4-5-6-7-8-9-10-11-12-13-14-15-16-23(33)31-24(26(27,28)29)32-25(34)30-22-19-17-21(2)18-20-22/h17-20,24H,3-16H2,1-2H3,(H,31,33)(H2,30,32,34). The van der Waals surface area contributed by atoms with E-state index in [1.807, 2.05) is 31.2 Å². The number of carbonyl (C=O) groups excluding carboxylic acids is 1. The summed E-state index contributed by atoms with van der Waals surface area (Å²) in [5.74, 6) is -0.162. The van der Waals surface area contributed by atoms with Gasteiger partial charge in [0.1, 0.15) is 6.17 Å². The van der Waals surface area contributed by atoms with Gasteiger partial charge >= 0.3 is 0 Å². The van der Waals surface area contributed by atoms with Crippen LogP contribution in [0.1, 0.15) is 102 Å². The molecule has 4 nitrogen and oxygen atoms in total. The van der Waals surface area contributed by atoms with Crippen molar-refractivity contribution in [3.8, 4) is 0 Å². The van der Waals surface area contributed by atoms with Crippen LogP contribution in [0.15, 0.2) is 24.3 Å². The number of halogens is 3. The monoisotopic (exact) mass is 549 g/mol. The van der Waals surface area contributed by atoms with E-state index >= 15 is 0 Å². The van der Waals surface area contributed by atoms with Crippen molar-refractivity contribution in [1.29, 1.82) is 0 Å². The normalized spacial score (nSPS) is 12.3. The van der Waals surface area contributed by atoms with Crippen LogP contribution in [-0.2, 0) is 4.79 Å². The zero-order chi connectivity index (χ0) is 25.2. The van der Waals surface area contributed by atoms with Gasteiger partial charge in [0.15, 0.2) is 5.11 Å². The van der Waals surface area contributed by atoms with E-state index in [1.54, 1.807) is 0 Å². The Morgan fingerprint density at radius 3 is 1.76 bits per heavy atom. The molecule has 1 unspecified atom stereocenters. The van der Waals surface area contributed by atoms with Gasteiger partial charge in [-0.2, -0.15) is 0 Å². The number of hydrogen-bond donors (Lipinski definition) is 3. The molecule has 1 atom stereocenters. The number of nitrogens with one attached hydrogen (secondary N) is 3. The maximum Gasteiger partial charge on any atom is 0.228 e. The van der Waals surface area contributed by atoms with Gasteiger partial charge in [0.05, 0.1) is 0 Å². The van der Waals surface area contributed by atoms with Gasteiger partial charge in [-0.3, -0.25) is 4.79 Å². The summed E-state index contributed by atoms with van der Waals surface area (Å²) in [6, 6.07) is 7.74. The minimum atomic E-state index is -1.75. The molecule has 0 saturated carbocycles. The zero-order valence-corrected chi connectivity index (χ0v) is 23.8. The van der Waals surface area contributed by atoms with E-state index in [1.165, 1.54) is 64.2 Å². The quantitative estimate of drug-likeness (QED) is 0.0787. The Morgan fingerprint density at radius 1 is 0.824 bits per heavy atom. The molecule has 3 N–H and O–H groups in total. The molecule has 0 spiro atoms. The molecule has 0 heterocycles. The van der Waals surface area contributed by atoms with Crippen molar-refractivity contribution in [3.63, 3.8) is 0 Å². The Labute approximate surface area is 227 Å². The Morgan fingerprint density at radius 2 is 1.29 bits per heavy atom. The number of alkyl halides is 3. The predicted octanol–water partition coefficient (Wildman–Crippen LogP) is 8.58. The Balaban J connectivity index is 2.17. The summed E-state index contributed by atoms with van der Waals surface area (Å²) in [5.41, 5.74) is 1.95. The highest BCUT2D eigenvalue weighted by molar-refractivity contribution is 7.80. The van der Waals surface area contributed by atoms with E-state index in [2.05, 4.69) is 22.9 Å². The lowest BCUT2D eigenvalue weighted by Crippen LogP contribution is -2.56. The van der Waals surface area contributed by atoms with Crippen LogP contribution in [0.5, 0.6) is 0 Å². The third-order valence-corrected chi connectivity index (χ3v) is 6.60. The van der Waals surface area contributed by atoms with Crippen LogP contribution in [0.4, 0.5) is 5.69 Å². The van der Waals surface area contributed by atoms with Crippen LogP contribution in [-0.4, -0.2) is 21.0 Å². The fourth-order valence-corrected chi connectivity index (χ4v) is 4.23. The number of hydrogen-bond acceptors (Lipinski definition) is 2. The van der Waals surface area contributed by atoms with Crippen molar-refractivity contribution in [3.05, 3.63) is 29.8 Å². The number of unbranched alkanes of at least 4 members (excludes halogenated alkanes) is 12. The molecule has 34 heavy (non-hydrogen) atoms.